The summed E-state index contributed by atoms with van der Waals surface area (Å²) in [5.41, 5.74) is 2.78. The number of rotatable bonds is 12. The molecule has 0 saturated carbocycles. The van der Waals surface area contributed by atoms with Crippen molar-refractivity contribution in [3.05, 3.63) is 81.8 Å². The first-order valence-corrected chi connectivity index (χ1v) is 14.0. The van der Waals surface area contributed by atoms with E-state index >= 15 is 0 Å². The van der Waals surface area contributed by atoms with Gasteiger partial charge in [0.05, 0.1) is 24.0 Å². The molecule has 12 heteroatoms. The van der Waals surface area contributed by atoms with Crippen molar-refractivity contribution in [1.82, 2.24) is 15.6 Å². The number of carbonyl (C=O) groups is 2. The molecule has 2 atom stereocenters. The third kappa shape index (κ3) is 9.16. The lowest BCUT2D eigenvalue weighted by Crippen LogP contribution is -2.49. The maximum Gasteiger partial charge on any atom is 0.407 e. The van der Waals surface area contributed by atoms with Crippen LogP contribution in [0.3, 0.4) is 0 Å². The second-order valence-electron chi connectivity index (χ2n) is 8.18. The standard InChI is InChI=1S/C25H30N4O6S2/c1-3-19-16-36-24(26-19)22(15-18-10-12-20(13-11-18)29-37(32,33)34)27-23(30)21(28-25(31)35-4-2)14-17-8-6-5-7-9-17/h5-13,16,21-22,29H,3-4,14-15H2,1-2H3,(H,27,30)(H,28,31)(H,32,33,34)/t21-,22-/m0/s1. The monoisotopic (exact) mass is 546 g/mol. The van der Waals surface area contributed by atoms with E-state index in [1.807, 2.05) is 47.4 Å². The van der Waals surface area contributed by atoms with Gasteiger partial charge in [-0.25, -0.2) is 9.78 Å². The van der Waals surface area contributed by atoms with Gasteiger partial charge >= 0.3 is 16.4 Å². The van der Waals surface area contributed by atoms with Crippen LogP contribution in [0.5, 0.6) is 0 Å². The summed E-state index contributed by atoms with van der Waals surface area (Å²) in [5, 5.41) is 8.33. The van der Waals surface area contributed by atoms with Crippen molar-refractivity contribution < 1.29 is 27.3 Å². The topological polar surface area (TPSA) is 147 Å². The molecule has 1 heterocycles. The summed E-state index contributed by atoms with van der Waals surface area (Å²) in [5.74, 6) is -0.389. The predicted molar refractivity (Wildman–Crippen MR) is 142 cm³/mol. The van der Waals surface area contributed by atoms with Crippen molar-refractivity contribution in [1.29, 1.82) is 0 Å². The van der Waals surface area contributed by atoms with Gasteiger partial charge in [-0.2, -0.15) is 8.42 Å². The molecule has 0 unspecified atom stereocenters. The maximum absolute atomic E-state index is 13.4. The summed E-state index contributed by atoms with van der Waals surface area (Å²) >= 11 is 1.43. The quantitative estimate of drug-likeness (QED) is 0.253. The van der Waals surface area contributed by atoms with Gasteiger partial charge in [0, 0.05) is 11.8 Å². The molecular formula is C25H30N4O6S2. The Hall–Kier alpha value is -3.48. The van der Waals surface area contributed by atoms with Gasteiger partial charge in [0.2, 0.25) is 5.91 Å². The fraction of sp³-hybridized carbons (Fsp3) is 0.320. The summed E-state index contributed by atoms with van der Waals surface area (Å²) in [4.78, 5) is 30.3. The molecule has 10 nitrogen and oxygen atoms in total. The van der Waals surface area contributed by atoms with Crippen LogP contribution in [0.1, 0.15) is 41.7 Å². The molecule has 37 heavy (non-hydrogen) atoms. The van der Waals surface area contributed by atoms with Crippen molar-refractivity contribution >= 4 is 39.3 Å². The zero-order valence-corrected chi connectivity index (χ0v) is 22.1. The number of hydrogen-bond acceptors (Lipinski definition) is 7. The molecule has 0 bridgehead atoms. The number of thiazole rings is 1. The molecule has 198 valence electrons. The number of ether oxygens (including phenoxy) is 1. The molecule has 1 aromatic heterocycles. The Morgan fingerprint density at radius 1 is 1.00 bits per heavy atom. The minimum atomic E-state index is -4.38. The first-order valence-electron chi connectivity index (χ1n) is 11.7. The fourth-order valence-corrected chi connectivity index (χ4v) is 4.97. The Kier molecular flexibility index (Phi) is 10.0. The summed E-state index contributed by atoms with van der Waals surface area (Å²) < 4.78 is 38.1. The van der Waals surface area contributed by atoms with Crippen LogP contribution in [0, 0.1) is 0 Å². The number of carbonyl (C=O) groups excluding carboxylic acids is 2. The molecule has 3 aromatic rings. The molecule has 2 amide bonds. The molecule has 0 saturated heterocycles. The molecule has 0 aliphatic rings. The Morgan fingerprint density at radius 3 is 2.27 bits per heavy atom. The van der Waals surface area contributed by atoms with E-state index in [1.165, 1.54) is 23.5 Å². The zero-order chi connectivity index (χ0) is 26.8. The Labute approximate surface area is 220 Å². The zero-order valence-electron chi connectivity index (χ0n) is 20.5. The van der Waals surface area contributed by atoms with Crippen molar-refractivity contribution in [2.45, 2.75) is 45.2 Å². The van der Waals surface area contributed by atoms with E-state index in [0.717, 1.165) is 23.2 Å². The van der Waals surface area contributed by atoms with Crippen LogP contribution in [0.15, 0.2) is 60.0 Å². The van der Waals surface area contributed by atoms with Gasteiger partial charge in [-0.3, -0.25) is 14.1 Å². The molecule has 3 rings (SSSR count). The molecule has 4 N–H and O–H groups in total. The molecule has 0 radical (unpaired) electrons. The van der Waals surface area contributed by atoms with Crippen molar-refractivity contribution in [2.75, 3.05) is 11.3 Å². The van der Waals surface area contributed by atoms with E-state index in [0.29, 0.717) is 11.4 Å². The number of alkyl carbamates (subject to hydrolysis) is 1. The lowest BCUT2D eigenvalue weighted by Gasteiger charge is -2.23. The first-order chi connectivity index (χ1) is 17.7. The summed E-state index contributed by atoms with van der Waals surface area (Å²) in [7, 11) is -4.38. The molecule has 0 aliphatic heterocycles. The number of anilines is 1. The van der Waals surface area contributed by atoms with Crippen molar-refractivity contribution in [3.63, 3.8) is 0 Å². The Morgan fingerprint density at radius 2 is 1.68 bits per heavy atom. The number of nitrogens with zero attached hydrogens (tertiary/aromatic N) is 1. The highest BCUT2D eigenvalue weighted by Crippen LogP contribution is 2.24. The summed E-state index contributed by atoms with van der Waals surface area (Å²) in [6, 6.07) is 14.4. The second kappa shape index (κ2) is 13.2. The lowest BCUT2D eigenvalue weighted by atomic mass is 10.0. The molecule has 0 spiro atoms. The Bertz CT molecular complexity index is 1280. The number of nitrogens with one attached hydrogen (secondary N) is 3. The maximum atomic E-state index is 13.4. The number of benzene rings is 2. The van der Waals surface area contributed by atoms with Crippen LogP contribution in [0.4, 0.5) is 10.5 Å². The van der Waals surface area contributed by atoms with E-state index in [9.17, 15) is 18.0 Å². The predicted octanol–water partition coefficient (Wildman–Crippen LogP) is 3.68. The van der Waals surface area contributed by atoms with Crippen molar-refractivity contribution in [3.8, 4) is 0 Å². The minimum Gasteiger partial charge on any atom is -0.450 e. The number of aromatic nitrogens is 1. The van der Waals surface area contributed by atoms with Gasteiger partial charge < -0.3 is 15.4 Å². The number of amides is 2. The smallest absolute Gasteiger partial charge is 0.407 e. The third-order valence-electron chi connectivity index (χ3n) is 5.35. The van der Waals surface area contributed by atoms with E-state index < -0.39 is 28.5 Å². The average molecular weight is 547 g/mol. The van der Waals surface area contributed by atoms with Gasteiger partial charge in [0.15, 0.2) is 0 Å². The van der Waals surface area contributed by atoms with Crippen LogP contribution in [-0.4, -0.2) is 42.6 Å². The van der Waals surface area contributed by atoms with E-state index in [2.05, 4.69) is 15.6 Å². The largest absolute Gasteiger partial charge is 0.450 e. The lowest BCUT2D eigenvalue weighted by molar-refractivity contribution is -0.123. The number of aryl methyl sites for hydroxylation is 1. The van der Waals surface area contributed by atoms with Gasteiger partial charge in [0.1, 0.15) is 11.0 Å². The highest BCUT2D eigenvalue weighted by molar-refractivity contribution is 7.87. The van der Waals surface area contributed by atoms with Crippen LogP contribution in [0.25, 0.3) is 0 Å². The summed E-state index contributed by atoms with van der Waals surface area (Å²) in [6.07, 6.45) is 0.701. The Balaban J connectivity index is 1.82. The summed E-state index contributed by atoms with van der Waals surface area (Å²) in [6.45, 7) is 3.86. The third-order valence-corrected chi connectivity index (χ3v) is 6.85. The van der Waals surface area contributed by atoms with Crippen LogP contribution in [-0.2, 0) is 39.1 Å². The SMILES string of the molecule is CCOC(=O)N[C@@H](Cc1ccccc1)C(=O)N[C@@H](Cc1ccc(NS(=O)(=O)O)cc1)c1nc(CC)cs1. The first kappa shape index (κ1) is 28.1. The molecule has 2 aromatic carbocycles. The number of hydrogen-bond donors (Lipinski definition) is 4. The molecule has 0 fully saturated rings. The van der Waals surface area contributed by atoms with Crippen LogP contribution >= 0.6 is 11.3 Å². The average Bonchev–Trinajstić information content (AvgIpc) is 3.34. The van der Waals surface area contributed by atoms with Crippen molar-refractivity contribution in [2.24, 2.45) is 0 Å². The highest BCUT2D eigenvalue weighted by atomic mass is 32.2. The van der Waals surface area contributed by atoms with Crippen LogP contribution < -0.4 is 15.4 Å². The minimum absolute atomic E-state index is 0.176. The fourth-order valence-electron chi connectivity index (χ4n) is 3.59. The van der Waals surface area contributed by atoms with Gasteiger partial charge in [-0.15, -0.1) is 11.3 Å². The second-order valence-corrected chi connectivity index (χ2v) is 10.2. The van der Waals surface area contributed by atoms with Crippen LogP contribution in [0.2, 0.25) is 0 Å². The van der Waals surface area contributed by atoms with E-state index in [4.69, 9.17) is 9.29 Å². The van der Waals surface area contributed by atoms with E-state index in [1.54, 1.807) is 19.1 Å². The van der Waals surface area contributed by atoms with E-state index in [-0.39, 0.29) is 24.6 Å². The molecule has 0 aliphatic carbocycles. The normalized spacial score (nSPS) is 12.8. The van der Waals surface area contributed by atoms with Gasteiger partial charge in [0.25, 0.3) is 0 Å². The van der Waals surface area contributed by atoms with Gasteiger partial charge in [-0.1, -0.05) is 49.4 Å². The molecular weight excluding hydrogens is 516 g/mol. The highest BCUT2D eigenvalue weighted by Gasteiger charge is 2.26. The van der Waals surface area contributed by atoms with Gasteiger partial charge in [-0.05, 0) is 43.0 Å².